The van der Waals surface area contributed by atoms with E-state index in [1.54, 1.807) is 0 Å². The zero-order valence-corrected chi connectivity index (χ0v) is 14.9. The zero-order valence-electron chi connectivity index (χ0n) is 13.3. The summed E-state index contributed by atoms with van der Waals surface area (Å²) < 4.78 is 32.6. The highest BCUT2D eigenvalue weighted by Gasteiger charge is 2.21. The predicted octanol–water partition coefficient (Wildman–Crippen LogP) is 2.09. The van der Waals surface area contributed by atoms with E-state index in [1.807, 2.05) is 0 Å². The predicted molar refractivity (Wildman–Crippen MR) is 92.5 cm³/mol. The number of benzene rings is 1. The molecule has 0 spiro atoms. The molecule has 0 unspecified atom stereocenters. The summed E-state index contributed by atoms with van der Waals surface area (Å²) >= 11 is 5.93. The van der Waals surface area contributed by atoms with Crippen molar-refractivity contribution in [2.75, 3.05) is 39.0 Å². The average Bonchev–Trinajstić information content (AvgIpc) is 2.54. The molecular weight excluding hydrogens is 338 g/mol. The lowest BCUT2D eigenvalue weighted by Crippen LogP contribution is -2.33. The summed E-state index contributed by atoms with van der Waals surface area (Å²) in [4.78, 5) is 2.38. The van der Waals surface area contributed by atoms with Gasteiger partial charge in [-0.3, -0.25) is 0 Å². The molecule has 1 fully saturated rings. The van der Waals surface area contributed by atoms with Crippen molar-refractivity contribution in [3.05, 3.63) is 17.2 Å². The number of nitrogens with zero attached hydrogens (tertiary/aromatic N) is 1. The van der Waals surface area contributed by atoms with E-state index in [-0.39, 0.29) is 21.4 Å². The molecule has 2 rings (SSSR count). The van der Waals surface area contributed by atoms with Gasteiger partial charge in [0, 0.05) is 12.6 Å². The number of nitrogens with two attached hydrogens (primary N) is 1. The van der Waals surface area contributed by atoms with Gasteiger partial charge in [-0.05, 0) is 45.0 Å². The minimum Gasteiger partial charge on any atom is -0.495 e. The van der Waals surface area contributed by atoms with E-state index in [0.29, 0.717) is 6.54 Å². The van der Waals surface area contributed by atoms with Gasteiger partial charge in [-0.2, -0.15) is 0 Å². The maximum absolute atomic E-state index is 12.4. The normalized spacial score (nSPS) is 16.4. The number of rotatable bonds is 7. The number of likely N-dealkylation sites (tertiary alicyclic amines) is 1. The standard InChI is InChI=1S/C15H24ClN3O3S/c1-22-14-11-13(17)12(16)10-15(14)23(20,21)18-6-5-9-19-7-3-2-4-8-19/h10-11,18H,2-9,17H2,1H3. The Hall–Kier alpha value is -1.02. The number of anilines is 1. The van der Waals surface area contributed by atoms with Crippen LogP contribution in [-0.2, 0) is 10.0 Å². The maximum Gasteiger partial charge on any atom is 0.244 e. The molecule has 1 aliphatic heterocycles. The van der Waals surface area contributed by atoms with E-state index in [9.17, 15) is 8.42 Å². The molecular formula is C15H24ClN3O3S. The highest BCUT2D eigenvalue weighted by Crippen LogP contribution is 2.31. The number of nitrogens with one attached hydrogen (secondary N) is 1. The number of halogens is 1. The third-order valence-corrected chi connectivity index (χ3v) is 5.77. The Labute approximate surface area is 143 Å². The average molecular weight is 362 g/mol. The number of hydrogen-bond donors (Lipinski definition) is 2. The fourth-order valence-corrected chi connectivity index (χ4v) is 4.17. The second kappa shape index (κ2) is 8.19. The number of methoxy groups -OCH3 is 1. The molecule has 0 bridgehead atoms. The lowest BCUT2D eigenvalue weighted by molar-refractivity contribution is 0.227. The Morgan fingerprint density at radius 3 is 2.65 bits per heavy atom. The molecule has 0 amide bonds. The molecule has 0 radical (unpaired) electrons. The number of hydrogen-bond acceptors (Lipinski definition) is 5. The van der Waals surface area contributed by atoms with E-state index < -0.39 is 10.0 Å². The van der Waals surface area contributed by atoms with Crippen LogP contribution in [0, 0.1) is 0 Å². The first-order valence-electron chi connectivity index (χ1n) is 7.79. The Kier molecular flexibility index (Phi) is 6.52. The van der Waals surface area contributed by atoms with Gasteiger partial charge >= 0.3 is 0 Å². The molecule has 1 aliphatic rings. The molecule has 0 atom stereocenters. The van der Waals surface area contributed by atoms with Gasteiger partial charge in [-0.15, -0.1) is 0 Å². The van der Waals surface area contributed by atoms with Gasteiger partial charge < -0.3 is 15.4 Å². The van der Waals surface area contributed by atoms with E-state index >= 15 is 0 Å². The molecule has 1 saturated heterocycles. The summed E-state index contributed by atoms with van der Waals surface area (Å²) in [6, 6.07) is 2.74. The van der Waals surface area contributed by atoms with Gasteiger partial charge in [0.1, 0.15) is 10.6 Å². The van der Waals surface area contributed by atoms with Crippen molar-refractivity contribution in [3.63, 3.8) is 0 Å². The van der Waals surface area contributed by atoms with Crippen LogP contribution in [0.3, 0.4) is 0 Å². The fourth-order valence-electron chi connectivity index (χ4n) is 2.69. The number of sulfonamides is 1. The van der Waals surface area contributed by atoms with Gasteiger partial charge in [-0.1, -0.05) is 18.0 Å². The van der Waals surface area contributed by atoms with Crippen molar-refractivity contribution in [1.29, 1.82) is 0 Å². The first kappa shape index (κ1) is 18.3. The Morgan fingerprint density at radius 1 is 1.30 bits per heavy atom. The van der Waals surface area contributed by atoms with Crippen LogP contribution in [0.1, 0.15) is 25.7 Å². The van der Waals surface area contributed by atoms with E-state index in [4.69, 9.17) is 22.1 Å². The van der Waals surface area contributed by atoms with Crippen molar-refractivity contribution in [1.82, 2.24) is 9.62 Å². The summed E-state index contributed by atoms with van der Waals surface area (Å²) in [6.07, 6.45) is 4.52. The molecule has 0 aromatic heterocycles. The molecule has 6 nitrogen and oxygen atoms in total. The second-order valence-corrected chi connectivity index (χ2v) is 7.82. The molecule has 1 aromatic rings. The van der Waals surface area contributed by atoms with Gasteiger partial charge in [0.05, 0.1) is 17.8 Å². The highest BCUT2D eigenvalue weighted by atomic mass is 35.5. The summed E-state index contributed by atoms with van der Waals surface area (Å²) in [5.74, 6) is 0.190. The molecule has 1 heterocycles. The van der Waals surface area contributed by atoms with Crippen molar-refractivity contribution >= 4 is 27.3 Å². The molecule has 8 heteroatoms. The molecule has 3 N–H and O–H groups in total. The Morgan fingerprint density at radius 2 is 2.00 bits per heavy atom. The lowest BCUT2D eigenvalue weighted by Gasteiger charge is -2.26. The van der Waals surface area contributed by atoms with Crippen LogP contribution in [0.15, 0.2) is 17.0 Å². The van der Waals surface area contributed by atoms with Crippen molar-refractivity contribution in [3.8, 4) is 5.75 Å². The monoisotopic (exact) mass is 361 g/mol. The number of nitrogen functional groups attached to an aromatic ring is 1. The summed E-state index contributed by atoms with van der Waals surface area (Å²) in [5, 5.41) is 0.194. The van der Waals surface area contributed by atoms with Crippen molar-refractivity contribution in [2.45, 2.75) is 30.6 Å². The first-order valence-corrected chi connectivity index (χ1v) is 9.65. The van der Waals surface area contributed by atoms with Crippen LogP contribution in [-0.4, -0.2) is 46.6 Å². The van der Waals surface area contributed by atoms with E-state index in [0.717, 1.165) is 26.1 Å². The van der Waals surface area contributed by atoms with Crippen molar-refractivity contribution < 1.29 is 13.2 Å². The summed E-state index contributed by atoms with van der Waals surface area (Å²) in [5.41, 5.74) is 5.96. The van der Waals surface area contributed by atoms with E-state index in [2.05, 4.69) is 9.62 Å². The van der Waals surface area contributed by atoms with Gasteiger partial charge in [0.2, 0.25) is 10.0 Å². The molecule has 0 saturated carbocycles. The van der Waals surface area contributed by atoms with Gasteiger partial charge in [0.25, 0.3) is 0 Å². The third-order valence-electron chi connectivity index (χ3n) is 3.96. The molecule has 0 aliphatic carbocycles. The minimum atomic E-state index is -3.68. The Balaban J connectivity index is 1.94. The number of piperidine rings is 1. The lowest BCUT2D eigenvalue weighted by atomic mass is 10.1. The van der Waals surface area contributed by atoms with Crippen LogP contribution in [0.25, 0.3) is 0 Å². The first-order chi connectivity index (χ1) is 10.9. The van der Waals surface area contributed by atoms with Crippen LogP contribution < -0.4 is 15.2 Å². The highest BCUT2D eigenvalue weighted by molar-refractivity contribution is 7.89. The quantitative estimate of drug-likeness (QED) is 0.573. The van der Waals surface area contributed by atoms with Gasteiger partial charge in [0.15, 0.2) is 0 Å². The third kappa shape index (κ3) is 4.97. The largest absolute Gasteiger partial charge is 0.495 e. The SMILES string of the molecule is COc1cc(N)c(Cl)cc1S(=O)(=O)NCCCN1CCCCC1. The molecule has 130 valence electrons. The zero-order chi connectivity index (χ0) is 16.9. The second-order valence-electron chi connectivity index (χ2n) is 5.68. The van der Waals surface area contributed by atoms with Crippen molar-refractivity contribution in [2.24, 2.45) is 0 Å². The van der Waals surface area contributed by atoms with Crippen LogP contribution in [0.5, 0.6) is 5.75 Å². The van der Waals surface area contributed by atoms with Crippen LogP contribution in [0.2, 0.25) is 5.02 Å². The molecule has 1 aromatic carbocycles. The maximum atomic E-state index is 12.4. The summed E-state index contributed by atoms with van der Waals surface area (Å²) in [6.45, 7) is 3.49. The topological polar surface area (TPSA) is 84.7 Å². The van der Waals surface area contributed by atoms with Gasteiger partial charge in [-0.25, -0.2) is 13.1 Å². The number of ether oxygens (including phenoxy) is 1. The molecule has 23 heavy (non-hydrogen) atoms. The van der Waals surface area contributed by atoms with Crippen LogP contribution >= 0.6 is 11.6 Å². The Bertz CT molecular complexity index is 631. The van der Waals surface area contributed by atoms with E-state index in [1.165, 1.54) is 38.5 Å². The van der Waals surface area contributed by atoms with Crippen LogP contribution in [0.4, 0.5) is 5.69 Å². The summed E-state index contributed by atoms with van der Waals surface area (Å²) in [7, 11) is -2.28. The fraction of sp³-hybridized carbons (Fsp3) is 0.600. The minimum absolute atomic E-state index is 0.0113. The smallest absolute Gasteiger partial charge is 0.244 e.